The molecule has 1 saturated heterocycles. The Morgan fingerprint density at radius 1 is 1.39 bits per heavy atom. The number of hydrogen-bond donors (Lipinski definition) is 1. The molecule has 3 heterocycles. The minimum absolute atomic E-state index is 0.345. The fourth-order valence-corrected chi connectivity index (χ4v) is 2.95. The number of thiophene rings is 1. The fraction of sp³-hybridized carbons (Fsp3) is 0.500. The first-order chi connectivity index (χ1) is 8.74. The van der Waals surface area contributed by atoms with Crippen molar-refractivity contribution in [1.82, 2.24) is 10.1 Å². The second-order valence-electron chi connectivity index (χ2n) is 4.48. The summed E-state index contributed by atoms with van der Waals surface area (Å²) in [6.07, 6.45) is 1.91. The molecular formula is C12H15N3O2S. The molecular weight excluding hydrogens is 250 g/mol. The third-order valence-corrected chi connectivity index (χ3v) is 4.02. The van der Waals surface area contributed by atoms with Gasteiger partial charge in [-0.15, -0.1) is 11.3 Å². The Bertz CT molecular complexity index is 543. The molecule has 2 aromatic heterocycles. The Morgan fingerprint density at radius 2 is 2.17 bits per heavy atom. The van der Waals surface area contributed by atoms with Crippen LogP contribution in [0.25, 0.3) is 11.5 Å². The lowest BCUT2D eigenvalue weighted by atomic mass is 10.00. The van der Waals surface area contributed by atoms with Gasteiger partial charge in [0.1, 0.15) is 0 Å². The molecule has 0 radical (unpaired) electrons. The highest BCUT2D eigenvalue weighted by Gasteiger charge is 2.22. The van der Waals surface area contributed by atoms with Gasteiger partial charge in [-0.3, -0.25) is 0 Å². The summed E-state index contributed by atoms with van der Waals surface area (Å²) in [6.45, 7) is 3.56. The van der Waals surface area contributed by atoms with E-state index in [1.54, 1.807) is 0 Å². The summed E-state index contributed by atoms with van der Waals surface area (Å²) in [5.41, 5.74) is 6.78. The van der Waals surface area contributed by atoms with E-state index in [4.69, 9.17) is 15.0 Å². The summed E-state index contributed by atoms with van der Waals surface area (Å²) >= 11 is 1.54. The topological polar surface area (TPSA) is 74.2 Å². The average molecular weight is 265 g/mol. The maximum Gasteiger partial charge on any atom is 0.260 e. The maximum absolute atomic E-state index is 5.93. The van der Waals surface area contributed by atoms with Gasteiger partial charge in [-0.05, 0) is 25.8 Å². The van der Waals surface area contributed by atoms with Crippen molar-refractivity contribution in [3.05, 3.63) is 16.8 Å². The summed E-state index contributed by atoms with van der Waals surface area (Å²) in [4.78, 5) is 5.62. The van der Waals surface area contributed by atoms with Crippen LogP contribution < -0.4 is 5.73 Å². The van der Waals surface area contributed by atoms with Crippen LogP contribution in [0, 0.1) is 6.92 Å². The second-order valence-corrected chi connectivity index (χ2v) is 5.77. The van der Waals surface area contributed by atoms with Crippen LogP contribution in [0.4, 0.5) is 5.00 Å². The molecule has 0 aliphatic carbocycles. The molecule has 0 bridgehead atoms. The number of anilines is 1. The molecule has 2 aromatic rings. The molecule has 0 atom stereocenters. The van der Waals surface area contributed by atoms with Crippen LogP contribution in [-0.4, -0.2) is 23.4 Å². The number of nitrogen functional groups attached to an aromatic ring is 1. The van der Waals surface area contributed by atoms with Gasteiger partial charge in [0.05, 0.1) is 10.6 Å². The second kappa shape index (κ2) is 4.70. The molecule has 1 aliphatic heterocycles. The van der Waals surface area contributed by atoms with Gasteiger partial charge in [0.15, 0.2) is 5.82 Å². The maximum atomic E-state index is 5.93. The first-order valence-corrected chi connectivity index (χ1v) is 6.83. The number of nitrogens with two attached hydrogens (primary N) is 1. The van der Waals surface area contributed by atoms with E-state index in [0.29, 0.717) is 11.8 Å². The molecule has 18 heavy (non-hydrogen) atoms. The Balaban J connectivity index is 1.86. The van der Waals surface area contributed by atoms with Gasteiger partial charge in [0.25, 0.3) is 5.89 Å². The fourth-order valence-electron chi connectivity index (χ4n) is 2.17. The summed E-state index contributed by atoms with van der Waals surface area (Å²) in [7, 11) is 0. The van der Waals surface area contributed by atoms with Gasteiger partial charge in [-0.2, -0.15) is 4.98 Å². The van der Waals surface area contributed by atoms with Crippen LogP contribution in [0.3, 0.4) is 0 Å². The highest BCUT2D eigenvalue weighted by atomic mass is 32.1. The van der Waals surface area contributed by atoms with Gasteiger partial charge in [-0.1, -0.05) is 5.16 Å². The van der Waals surface area contributed by atoms with E-state index < -0.39 is 0 Å². The minimum Gasteiger partial charge on any atom is -0.390 e. The van der Waals surface area contributed by atoms with Crippen molar-refractivity contribution >= 4 is 16.3 Å². The van der Waals surface area contributed by atoms with Crippen molar-refractivity contribution in [2.75, 3.05) is 18.9 Å². The lowest BCUT2D eigenvalue weighted by Crippen LogP contribution is -2.15. The highest BCUT2D eigenvalue weighted by Crippen LogP contribution is 2.34. The largest absolute Gasteiger partial charge is 0.390 e. The summed E-state index contributed by atoms with van der Waals surface area (Å²) in [5.74, 6) is 1.65. The standard InChI is InChI=1S/C12H15N3O2S/c1-7-6-9(10(13)18-7)12-14-11(15-17-12)8-2-4-16-5-3-8/h6,8H,2-5,13H2,1H3. The van der Waals surface area contributed by atoms with Crippen LogP contribution in [0.1, 0.15) is 29.5 Å². The molecule has 2 N–H and O–H groups in total. The molecule has 6 heteroatoms. The molecule has 1 aliphatic rings. The van der Waals surface area contributed by atoms with E-state index in [9.17, 15) is 0 Å². The van der Waals surface area contributed by atoms with Crippen molar-refractivity contribution in [2.24, 2.45) is 0 Å². The molecule has 5 nitrogen and oxygen atoms in total. The number of nitrogens with zero attached hydrogens (tertiary/aromatic N) is 2. The van der Waals surface area contributed by atoms with Gasteiger partial charge in [0, 0.05) is 24.0 Å². The zero-order valence-electron chi connectivity index (χ0n) is 10.2. The Hall–Kier alpha value is -1.40. The number of aromatic nitrogens is 2. The van der Waals surface area contributed by atoms with E-state index >= 15 is 0 Å². The molecule has 0 saturated carbocycles. The van der Waals surface area contributed by atoms with Gasteiger partial charge in [-0.25, -0.2) is 0 Å². The van der Waals surface area contributed by atoms with Gasteiger partial charge in [0.2, 0.25) is 0 Å². The average Bonchev–Trinajstić information content (AvgIpc) is 2.97. The zero-order chi connectivity index (χ0) is 12.5. The Morgan fingerprint density at radius 3 is 2.83 bits per heavy atom. The molecule has 3 rings (SSSR count). The Labute approximate surface area is 109 Å². The van der Waals surface area contributed by atoms with Crippen molar-refractivity contribution in [3.8, 4) is 11.5 Å². The summed E-state index contributed by atoms with van der Waals surface area (Å²) in [5, 5.41) is 4.81. The van der Waals surface area contributed by atoms with E-state index in [2.05, 4.69) is 10.1 Å². The first-order valence-electron chi connectivity index (χ1n) is 6.01. The predicted molar refractivity (Wildman–Crippen MR) is 69.6 cm³/mol. The molecule has 1 fully saturated rings. The number of hydrogen-bond acceptors (Lipinski definition) is 6. The van der Waals surface area contributed by atoms with Crippen LogP contribution in [0.15, 0.2) is 10.6 Å². The van der Waals surface area contributed by atoms with E-state index in [0.717, 1.165) is 47.3 Å². The van der Waals surface area contributed by atoms with Crippen molar-refractivity contribution in [2.45, 2.75) is 25.7 Å². The van der Waals surface area contributed by atoms with Crippen LogP contribution in [0.2, 0.25) is 0 Å². The SMILES string of the molecule is Cc1cc(-c2nc(C3CCOCC3)no2)c(N)s1. The lowest BCUT2D eigenvalue weighted by molar-refractivity contribution is 0.0830. The number of aryl methyl sites for hydroxylation is 1. The van der Waals surface area contributed by atoms with Crippen LogP contribution in [-0.2, 0) is 4.74 Å². The molecule has 96 valence electrons. The molecule has 0 aromatic carbocycles. The van der Waals surface area contributed by atoms with E-state index in [1.807, 2.05) is 13.0 Å². The van der Waals surface area contributed by atoms with Gasteiger partial charge < -0.3 is 15.0 Å². The molecule has 0 amide bonds. The van der Waals surface area contributed by atoms with Gasteiger partial charge >= 0.3 is 0 Å². The summed E-state index contributed by atoms with van der Waals surface area (Å²) < 4.78 is 10.7. The van der Waals surface area contributed by atoms with Crippen molar-refractivity contribution in [3.63, 3.8) is 0 Å². The third-order valence-electron chi connectivity index (χ3n) is 3.14. The minimum atomic E-state index is 0.345. The zero-order valence-corrected chi connectivity index (χ0v) is 11.0. The lowest BCUT2D eigenvalue weighted by Gasteiger charge is -2.18. The number of rotatable bonds is 2. The predicted octanol–water partition coefficient (Wildman–Crippen LogP) is 2.58. The smallest absolute Gasteiger partial charge is 0.260 e. The quantitative estimate of drug-likeness (QED) is 0.903. The van der Waals surface area contributed by atoms with Crippen LogP contribution in [0.5, 0.6) is 0 Å². The first kappa shape index (κ1) is 11.7. The third kappa shape index (κ3) is 2.13. The van der Waals surface area contributed by atoms with E-state index in [1.165, 1.54) is 11.3 Å². The molecule has 0 spiro atoms. The summed E-state index contributed by atoms with van der Waals surface area (Å²) in [6, 6.07) is 1.99. The monoisotopic (exact) mass is 265 g/mol. The number of ether oxygens (including phenoxy) is 1. The van der Waals surface area contributed by atoms with Crippen molar-refractivity contribution < 1.29 is 9.26 Å². The molecule has 0 unspecified atom stereocenters. The van der Waals surface area contributed by atoms with E-state index in [-0.39, 0.29) is 0 Å². The Kier molecular flexibility index (Phi) is 3.05. The van der Waals surface area contributed by atoms with Crippen molar-refractivity contribution in [1.29, 1.82) is 0 Å². The normalized spacial score (nSPS) is 17.2. The van der Waals surface area contributed by atoms with Crippen LogP contribution >= 0.6 is 11.3 Å². The highest BCUT2D eigenvalue weighted by molar-refractivity contribution is 7.16.